The summed E-state index contributed by atoms with van der Waals surface area (Å²) >= 11 is 5.44. The SMILES string of the molecule is [2H]c1cc([N+]#[C-])c(C)c([2H])c1N1C(=O)C(C)(C)N(c2c([2H])c([2H])c(C(=O)NC([2H])([2H])[2H])c(F)c2[2H])C1=S. The van der Waals surface area contributed by atoms with Crippen molar-refractivity contribution in [2.24, 2.45) is 0 Å². The minimum Gasteiger partial charge on any atom is -0.355 e. The number of carbonyl (C=O) groups excluding carboxylic acids is 2. The van der Waals surface area contributed by atoms with E-state index in [9.17, 15) is 9.59 Å². The van der Waals surface area contributed by atoms with Gasteiger partial charge in [-0.05, 0) is 68.8 Å². The fourth-order valence-corrected chi connectivity index (χ4v) is 3.33. The lowest BCUT2D eigenvalue weighted by atomic mass is 10.0. The fraction of sp³-hybridized carbons (Fsp3) is 0.238. The summed E-state index contributed by atoms with van der Waals surface area (Å²) in [6.45, 7) is 8.33. The standard InChI is InChI=1S/C21H19FN4O2S/c1-12-10-13(7-9-17(12)23-4)25-19(28)21(2,3)26(20(25)29)14-6-8-15(16(22)11-14)18(27)24-5/h6-11H,1-3,5H3,(H,24,27)/i5D3,6D,7D,8D,10D,11D. The van der Waals surface area contributed by atoms with Crippen molar-refractivity contribution in [3.8, 4) is 0 Å². The highest BCUT2D eigenvalue weighted by Crippen LogP contribution is 2.37. The molecule has 1 fully saturated rings. The zero-order valence-electron chi connectivity index (χ0n) is 23.5. The largest absolute Gasteiger partial charge is 0.355 e. The Morgan fingerprint density at radius 1 is 1.34 bits per heavy atom. The van der Waals surface area contributed by atoms with Gasteiger partial charge in [0.1, 0.15) is 11.4 Å². The van der Waals surface area contributed by atoms with E-state index in [0.717, 1.165) is 15.9 Å². The van der Waals surface area contributed by atoms with E-state index in [4.69, 9.17) is 29.8 Å². The molecule has 2 amide bonds. The van der Waals surface area contributed by atoms with Gasteiger partial charge in [-0.1, -0.05) is 6.07 Å². The van der Waals surface area contributed by atoms with Gasteiger partial charge in [-0.15, -0.1) is 0 Å². The average molecular weight is 419 g/mol. The first-order valence-corrected chi connectivity index (χ1v) is 8.58. The van der Waals surface area contributed by atoms with Crippen LogP contribution in [0.5, 0.6) is 0 Å². The van der Waals surface area contributed by atoms with E-state index in [2.05, 4.69) is 4.85 Å². The third-order valence-electron chi connectivity index (χ3n) is 4.37. The van der Waals surface area contributed by atoms with E-state index in [1.165, 1.54) is 26.1 Å². The second kappa shape index (κ2) is 7.26. The summed E-state index contributed by atoms with van der Waals surface area (Å²) in [5.74, 6) is -3.91. The lowest BCUT2D eigenvalue weighted by molar-refractivity contribution is -0.120. The summed E-state index contributed by atoms with van der Waals surface area (Å²) in [5.41, 5.74) is -3.51. The minimum absolute atomic E-state index is 0.0289. The van der Waals surface area contributed by atoms with E-state index in [1.54, 1.807) is 0 Å². The molecule has 148 valence electrons. The van der Waals surface area contributed by atoms with Crippen molar-refractivity contribution < 1.29 is 24.9 Å². The number of anilines is 2. The monoisotopic (exact) mass is 418 g/mol. The average Bonchev–Trinajstić information content (AvgIpc) is 2.94. The van der Waals surface area contributed by atoms with Crippen LogP contribution in [0, 0.1) is 19.3 Å². The lowest BCUT2D eigenvalue weighted by Gasteiger charge is -2.29. The molecule has 0 radical (unpaired) electrons. The molecule has 0 saturated carbocycles. The van der Waals surface area contributed by atoms with Gasteiger partial charge in [-0.2, -0.15) is 0 Å². The van der Waals surface area contributed by atoms with Crippen LogP contribution < -0.4 is 15.1 Å². The maximum atomic E-state index is 15.3. The molecule has 1 N–H and O–H groups in total. The molecule has 2 aromatic carbocycles. The van der Waals surface area contributed by atoms with Crippen molar-refractivity contribution in [3.63, 3.8) is 0 Å². The maximum Gasteiger partial charge on any atom is 0.259 e. The van der Waals surface area contributed by atoms with E-state index < -0.39 is 64.6 Å². The second-order valence-electron chi connectivity index (χ2n) is 6.57. The molecule has 29 heavy (non-hydrogen) atoms. The highest BCUT2D eigenvalue weighted by Gasteiger charge is 2.50. The molecule has 0 spiro atoms. The number of benzene rings is 2. The van der Waals surface area contributed by atoms with Crippen LogP contribution in [-0.2, 0) is 4.79 Å². The molecule has 0 bridgehead atoms. The van der Waals surface area contributed by atoms with Gasteiger partial charge < -0.3 is 10.2 Å². The number of hydrogen-bond acceptors (Lipinski definition) is 3. The first-order valence-electron chi connectivity index (χ1n) is 12.2. The summed E-state index contributed by atoms with van der Waals surface area (Å²) < 4.78 is 78.2. The van der Waals surface area contributed by atoms with Crippen molar-refractivity contribution in [1.29, 1.82) is 0 Å². The maximum absolute atomic E-state index is 15.3. The number of hydrogen-bond donors (Lipinski definition) is 1. The second-order valence-corrected chi connectivity index (χ2v) is 6.93. The molecule has 1 aliphatic rings. The zero-order chi connectivity index (χ0) is 28.4. The van der Waals surface area contributed by atoms with E-state index in [1.807, 2.05) is 0 Å². The first-order chi connectivity index (χ1) is 16.9. The molecule has 6 nitrogen and oxygen atoms in total. The molecule has 0 aromatic heterocycles. The molecule has 1 saturated heterocycles. The van der Waals surface area contributed by atoms with Crippen LogP contribution in [0.4, 0.5) is 21.5 Å². The Balaban J connectivity index is 2.25. The number of carbonyl (C=O) groups is 2. The number of thiocarbonyl (C=S) groups is 1. The molecular formula is C21H19FN4O2S. The van der Waals surface area contributed by atoms with Crippen molar-refractivity contribution in [2.45, 2.75) is 26.3 Å². The molecule has 0 atom stereocenters. The van der Waals surface area contributed by atoms with Gasteiger partial charge >= 0.3 is 0 Å². The summed E-state index contributed by atoms with van der Waals surface area (Å²) in [5, 5.41) is 1.09. The van der Waals surface area contributed by atoms with Crippen LogP contribution in [0.25, 0.3) is 4.85 Å². The van der Waals surface area contributed by atoms with Gasteiger partial charge in [0, 0.05) is 22.5 Å². The van der Waals surface area contributed by atoms with Crippen LogP contribution in [0.1, 0.15) is 40.7 Å². The molecule has 1 heterocycles. The summed E-state index contributed by atoms with van der Waals surface area (Å²) in [4.78, 5) is 30.8. The summed E-state index contributed by atoms with van der Waals surface area (Å²) in [6, 6.07) is -2.52. The van der Waals surface area contributed by atoms with Gasteiger partial charge in [0.05, 0.1) is 19.0 Å². The van der Waals surface area contributed by atoms with Crippen LogP contribution in [0.2, 0.25) is 0 Å². The molecule has 2 aromatic rings. The van der Waals surface area contributed by atoms with Gasteiger partial charge in [0.25, 0.3) is 11.8 Å². The van der Waals surface area contributed by atoms with Crippen molar-refractivity contribution >= 4 is 46.2 Å². The van der Waals surface area contributed by atoms with Crippen LogP contribution >= 0.6 is 12.2 Å². The van der Waals surface area contributed by atoms with Gasteiger partial charge in [0.15, 0.2) is 10.8 Å². The molecule has 0 unspecified atom stereocenters. The first kappa shape index (κ1) is 12.3. The Morgan fingerprint density at radius 2 is 2.07 bits per heavy atom. The number of nitrogens with one attached hydrogen (secondary N) is 1. The lowest BCUT2D eigenvalue weighted by Crippen LogP contribution is -2.44. The summed E-state index contributed by atoms with van der Waals surface area (Å²) in [6.07, 6.45) is 0. The van der Waals surface area contributed by atoms with Crippen molar-refractivity contribution in [1.82, 2.24) is 5.32 Å². The molecule has 1 aliphatic heterocycles. The number of rotatable bonds is 3. The van der Waals surface area contributed by atoms with Gasteiger partial charge in [-0.25, -0.2) is 9.24 Å². The van der Waals surface area contributed by atoms with E-state index in [-0.39, 0.29) is 29.0 Å². The Morgan fingerprint density at radius 3 is 2.72 bits per heavy atom. The fourth-order valence-electron chi connectivity index (χ4n) is 2.83. The highest BCUT2D eigenvalue weighted by molar-refractivity contribution is 7.81. The van der Waals surface area contributed by atoms with Crippen molar-refractivity contribution in [3.05, 3.63) is 64.6 Å². The predicted octanol–water partition coefficient (Wildman–Crippen LogP) is 3.96. The smallest absolute Gasteiger partial charge is 0.259 e. The summed E-state index contributed by atoms with van der Waals surface area (Å²) in [7, 11) is 0. The number of nitrogens with zero attached hydrogens (tertiary/aromatic N) is 3. The third kappa shape index (κ3) is 3.23. The molecule has 3 rings (SSSR count). The third-order valence-corrected chi connectivity index (χ3v) is 4.73. The topological polar surface area (TPSA) is 57.0 Å². The highest BCUT2D eigenvalue weighted by atomic mass is 32.1. The minimum atomic E-state index is -3.02. The Kier molecular flexibility index (Phi) is 3.08. The number of halogens is 1. The van der Waals surface area contributed by atoms with Crippen LogP contribution in [0.3, 0.4) is 0 Å². The normalized spacial score (nSPS) is 19.8. The van der Waals surface area contributed by atoms with Gasteiger partial charge in [0.2, 0.25) is 0 Å². The molecular weight excluding hydrogens is 391 g/mol. The molecule has 8 heteroatoms. The van der Waals surface area contributed by atoms with Crippen molar-refractivity contribution in [2.75, 3.05) is 16.8 Å². The number of amides is 2. The van der Waals surface area contributed by atoms with E-state index >= 15 is 4.39 Å². The predicted molar refractivity (Wildman–Crippen MR) is 114 cm³/mol. The Labute approximate surface area is 185 Å². The Hall–Kier alpha value is -3.31. The van der Waals surface area contributed by atoms with Crippen LogP contribution in [0.15, 0.2) is 36.3 Å². The zero-order valence-corrected chi connectivity index (χ0v) is 16.3. The molecule has 0 aliphatic carbocycles. The van der Waals surface area contributed by atoms with Crippen LogP contribution in [-0.4, -0.2) is 29.4 Å². The quantitative estimate of drug-likeness (QED) is 0.606. The Bertz CT molecular complexity index is 1410. The van der Waals surface area contributed by atoms with Gasteiger partial charge in [-0.3, -0.25) is 14.5 Å². The van der Waals surface area contributed by atoms with E-state index in [0.29, 0.717) is 0 Å².